The Kier molecular flexibility index (Phi) is 5.47. The van der Waals surface area contributed by atoms with E-state index in [9.17, 15) is 4.79 Å². The number of pyridine rings is 1. The molecule has 0 N–H and O–H groups in total. The van der Waals surface area contributed by atoms with Crippen molar-refractivity contribution < 1.29 is 4.79 Å². The molecule has 0 fully saturated rings. The molecule has 0 saturated carbocycles. The van der Waals surface area contributed by atoms with Crippen LogP contribution in [0.2, 0.25) is 5.15 Å². The summed E-state index contributed by atoms with van der Waals surface area (Å²) in [7, 11) is 1.74. The Morgan fingerprint density at radius 2 is 2.23 bits per heavy atom. The van der Waals surface area contributed by atoms with E-state index in [0.717, 1.165) is 10.6 Å². The Labute approximate surface area is 143 Å². The van der Waals surface area contributed by atoms with Crippen LogP contribution in [-0.4, -0.2) is 33.9 Å². The number of anilines is 1. The number of thioether (sulfide) groups is 1. The van der Waals surface area contributed by atoms with Crippen LogP contribution in [0.15, 0.2) is 24.5 Å². The lowest BCUT2D eigenvalue weighted by molar-refractivity contribution is -0.118. The Hall–Kier alpha value is -1.11. The van der Waals surface area contributed by atoms with Crippen LogP contribution >= 0.6 is 34.7 Å². The first-order valence-electron chi connectivity index (χ1n) is 6.72. The van der Waals surface area contributed by atoms with Crippen molar-refractivity contribution in [3.8, 4) is 10.6 Å². The van der Waals surface area contributed by atoms with E-state index in [1.807, 2.05) is 18.4 Å². The SMILES string of the molecule is CSC(C)(C)CC(=O)N(C)c1sc(-c2cccnc2)nc1Cl. The van der Waals surface area contributed by atoms with Gasteiger partial charge in [-0.3, -0.25) is 9.78 Å². The van der Waals surface area contributed by atoms with Crippen molar-refractivity contribution in [1.29, 1.82) is 0 Å². The number of halogens is 1. The van der Waals surface area contributed by atoms with Gasteiger partial charge in [0.05, 0.1) is 0 Å². The van der Waals surface area contributed by atoms with Crippen LogP contribution in [0, 0.1) is 0 Å². The molecule has 118 valence electrons. The van der Waals surface area contributed by atoms with Crippen molar-refractivity contribution in [2.24, 2.45) is 0 Å². The first-order valence-corrected chi connectivity index (χ1v) is 9.14. The lowest BCUT2D eigenvalue weighted by Gasteiger charge is -2.24. The molecule has 0 bridgehead atoms. The second-order valence-electron chi connectivity index (χ2n) is 5.45. The molecule has 0 spiro atoms. The van der Waals surface area contributed by atoms with Gasteiger partial charge in [0.2, 0.25) is 5.91 Å². The topological polar surface area (TPSA) is 46.1 Å². The van der Waals surface area contributed by atoms with E-state index < -0.39 is 0 Å². The zero-order chi connectivity index (χ0) is 16.3. The molecule has 0 aliphatic rings. The monoisotopic (exact) mass is 355 g/mol. The fourth-order valence-electron chi connectivity index (χ4n) is 1.78. The highest BCUT2D eigenvalue weighted by atomic mass is 35.5. The van der Waals surface area contributed by atoms with Crippen molar-refractivity contribution in [3.05, 3.63) is 29.7 Å². The Morgan fingerprint density at radius 1 is 1.50 bits per heavy atom. The van der Waals surface area contributed by atoms with Crippen LogP contribution in [-0.2, 0) is 4.79 Å². The Morgan fingerprint density at radius 3 is 2.82 bits per heavy atom. The maximum Gasteiger partial charge on any atom is 0.228 e. The summed E-state index contributed by atoms with van der Waals surface area (Å²) in [5.74, 6) is 0.0302. The minimum absolute atomic E-state index is 0.0302. The second kappa shape index (κ2) is 6.98. The van der Waals surface area contributed by atoms with E-state index in [2.05, 4.69) is 23.8 Å². The van der Waals surface area contributed by atoms with Gasteiger partial charge in [0.15, 0.2) is 5.15 Å². The molecule has 2 rings (SSSR count). The van der Waals surface area contributed by atoms with Crippen LogP contribution in [0.3, 0.4) is 0 Å². The third-order valence-corrected chi connectivity index (χ3v) is 6.09. The zero-order valence-corrected chi connectivity index (χ0v) is 15.3. The van der Waals surface area contributed by atoms with Gasteiger partial charge in [-0.05, 0) is 18.4 Å². The van der Waals surface area contributed by atoms with Gasteiger partial charge in [0.25, 0.3) is 0 Å². The molecule has 7 heteroatoms. The van der Waals surface area contributed by atoms with Gasteiger partial charge < -0.3 is 4.90 Å². The smallest absolute Gasteiger partial charge is 0.228 e. The number of carbonyl (C=O) groups excluding carboxylic acids is 1. The number of nitrogens with zero attached hydrogens (tertiary/aromatic N) is 3. The number of amides is 1. The average Bonchev–Trinajstić information content (AvgIpc) is 2.89. The molecule has 2 heterocycles. The van der Waals surface area contributed by atoms with E-state index in [1.165, 1.54) is 11.3 Å². The minimum Gasteiger partial charge on any atom is -0.304 e. The number of carbonyl (C=O) groups is 1. The highest BCUT2D eigenvalue weighted by molar-refractivity contribution is 7.99. The predicted octanol–water partition coefficient (Wildman–Crippen LogP) is 4.35. The average molecular weight is 356 g/mol. The van der Waals surface area contributed by atoms with E-state index >= 15 is 0 Å². The van der Waals surface area contributed by atoms with E-state index in [-0.39, 0.29) is 10.7 Å². The quantitative estimate of drug-likeness (QED) is 0.799. The van der Waals surface area contributed by atoms with Gasteiger partial charge in [0, 0.05) is 36.2 Å². The molecule has 0 aliphatic heterocycles. The van der Waals surface area contributed by atoms with Crippen molar-refractivity contribution in [3.63, 3.8) is 0 Å². The predicted molar refractivity (Wildman–Crippen MR) is 96.0 cm³/mol. The maximum atomic E-state index is 12.4. The van der Waals surface area contributed by atoms with Crippen molar-refractivity contribution >= 4 is 45.6 Å². The first-order chi connectivity index (χ1) is 10.3. The third-order valence-electron chi connectivity index (χ3n) is 3.29. The molecule has 22 heavy (non-hydrogen) atoms. The molecule has 2 aromatic rings. The van der Waals surface area contributed by atoms with Crippen LogP contribution in [0.1, 0.15) is 20.3 Å². The highest BCUT2D eigenvalue weighted by Gasteiger charge is 2.26. The second-order valence-corrected chi connectivity index (χ2v) is 8.30. The fourth-order valence-corrected chi connectivity index (χ4v) is 3.35. The number of hydrogen-bond donors (Lipinski definition) is 0. The maximum absolute atomic E-state index is 12.4. The lowest BCUT2D eigenvalue weighted by atomic mass is 10.1. The third kappa shape index (κ3) is 4.00. The van der Waals surface area contributed by atoms with Gasteiger partial charge in [-0.25, -0.2) is 4.98 Å². The molecule has 1 amide bonds. The molecule has 4 nitrogen and oxygen atoms in total. The van der Waals surface area contributed by atoms with Crippen LogP contribution in [0.4, 0.5) is 5.00 Å². The molecule has 0 aromatic carbocycles. The zero-order valence-electron chi connectivity index (χ0n) is 13.0. The molecule has 0 saturated heterocycles. The van der Waals surface area contributed by atoms with E-state index in [0.29, 0.717) is 16.6 Å². The van der Waals surface area contributed by atoms with Gasteiger partial charge in [-0.15, -0.1) is 0 Å². The largest absolute Gasteiger partial charge is 0.304 e. The molecular weight excluding hydrogens is 338 g/mol. The molecule has 2 aromatic heterocycles. The molecule has 0 unspecified atom stereocenters. The van der Waals surface area contributed by atoms with E-state index in [1.54, 1.807) is 36.1 Å². The highest BCUT2D eigenvalue weighted by Crippen LogP contribution is 2.38. The van der Waals surface area contributed by atoms with Crippen molar-refractivity contribution in [2.75, 3.05) is 18.2 Å². The summed E-state index contributed by atoms with van der Waals surface area (Å²) in [6.07, 6.45) is 5.89. The Bertz CT molecular complexity index is 658. The first kappa shape index (κ1) is 17.2. The van der Waals surface area contributed by atoms with Crippen molar-refractivity contribution in [1.82, 2.24) is 9.97 Å². The van der Waals surface area contributed by atoms with Gasteiger partial charge in [-0.1, -0.05) is 36.8 Å². The number of hydrogen-bond acceptors (Lipinski definition) is 5. The number of aromatic nitrogens is 2. The van der Waals surface area contributed by atoms with Crippen LogP contribution in [0.25, 0.3) is 10.6 Å². The summed E-state index contributed by atoms with van der Waals surface area (Å²) in [6, 6.07) is 3.77. The van der Waals surface area contributed by atoms with E-state index in [4.69, 9.17) is 11.6 Å². The number of rotatable bonds is 5. The summed E-state index contributed by atoms with van der Waals surface area (Å²) in [5.41, 5.74) is 0.894. The summed E-state index contributed by atoms with van der Waals surface area (Å²) in [6.45, 7) is 4.11. The standard InChI is InChI=1S/C15H18ClN3OS2/c1-15(2,21-4)8-11(20)19(3)14-12(16)18-13(22-14)10-6-5-7-17-9-10/h5-7,9H,8H2,1-4H3. The van der Waals surface area contributed by atoms with Gasteiger partial charge in [-0.2, -0.15) is 11.8 Å². The number of thiazole rings is 1. The normalized spacial score (nSPS) is 11.5. The van der Waals surface area contributed by atoms with Crippen LogP contribution < -0.4 is 4.90 Å². The van der Waals surface area contributed by atoms with Crippen molar-refractivity contribution in [2.45, 2.75) is 25.0 Å². The molecule has 0 radical (unpaired) electrons. The lowest BCUT2D eigenvalue weighted by Crippen LogP contribution is -2.31. The van der Waals surface area contributed by atoms with Gasteiger partial charge in [0.1, 0.15) is 10.0 Å². The summed E-state index contributed by atoms with van der Waals surface area (Å²) < 4.78 is -0.102. The summed E-state index contributed by atoms with van der Waals surface area (Å²) >= 11 is 9.29. The molecule has 0 aliphatic carbocycles. The summed E-state index contributed by atoms with van der Waals surface area (Å²) in [4.78, 5) is 22.5. The molecule has 0 atom stereocenters. The molecular formula is C15H18ClN3OS2. The fraction of sp³-hybridized carbons (Fsp3) is 0.400. The minimum atomic E-state index is -0.102. The van der Waals surface area contributed by atoms with Gasteiger partial charge >= 0.3 is 0 Å². The summed E-state index contributed by atoms with van der Waals surface area (Å²) in [5, 5.41) is 1.78. The Balaban J connectivity index is 2.22. The van der Waals surface area contributed by atoms with Crippen LogP contribution in [0.5, 0.6) is 0 Å².